The third-order valence-electron chi connectivity index (χ3n) is 2.78. The first-order chi connectivity index (χ1) is 10.3. The van der Waals surface area contributed by atoms with Crippen molar-refractivity contribution >= 4 is 33.0 Å². The van der Waals surface area contributed by atoms with E-state index in [4.69, 9.17) is 5.73 Å². The van der Waals surface area contributed by atoms with Crippen molar-refractivity contribution in [3.63, 3.8) is 0 Å². The van der Waals surface area contributed by atoms with Crippen molar-refractivity contribution in [3.8, 4) is 5.75 Å². The van der Waals surface area contributed by atoms with Crippen LogP contribution in [0.25, 0.3) is 0 Å². The van der Waals surface area contributed by atoms with Crippen LogP contribution in [0.2, 0.25) is 0 Å². The van der Waals surface area contributed by atoms with Gasteiger partial charge in [0.2, 0.25) is 5.91 Å². The molecule has 0 aliphatic carbocycles. The van der Waals surface area contributed by atoms with Crippen molar-refractivity contribution in [1.82, 2.24) is 0 Å². The highest BCUT2D eigenvalue weighted by molar-refractivity contribution is 7.92. The molecule has 0 saturated heterocycles. The van der Waals surface area contributed by atoms with E-state index in [1.54, 1.807) is 12.1 Å². The van der Waals surface area contributed by atoms with Gasteiger partial charge in [0.25, 0.3) is 10.0 Å². The molecule has 0 unspecified atom stereocenters. The maximum absolute atomic E-state index is 12.2. The van der Waals surface area contributed by atoms with Crippen molar-refractivity contribution in [2.75, 3.05) is 15.8 Å². The number of nitrogens with one attached hydrogen (secondary N) is 2. The Morgan fingerprint density at radius 3 is 2.27 bits per heavy atom. The molecule has 0 spiro atoms. The number of carbonyl (C=O) groups is 1. The fourth-order valence-electron chi connectivity index (χ4n) is 1.79. The molecule has 0 fully saturated rings. The fraction of sp³-hybridized carbons (Fsp3) is 0.0714. The largest absolute Gasteiger partial charge is 0.504 e. The molecular weight excluding hydrogens is 306 g/mol. The van der Waals surface area contributed by atoms with E-state index in [-0.39, 0.29) is 22.2 Å². The van der Waals surface area contributed by atoms with Crippen LogP contribution in [0.4, 0.5) is 17.1 Å². The molecule has 8 heteroatoms. The molecule has 5 N–H and O–H groups in total. The maximum atomic E-state index is 12.2. The van der Waals surface area contributed by atoms with Gasteiger partial charge in [-0.15, -0.1) is 0 Å². The number of sulfonamides is 1. The summed E-state index contributed by atoms with van der Waals surface area (Å²) in [5, 5.41) is 12.3. The monoisotopic (exact) mass is 321 g/mol. The normalized spacial score (nSPS) is 11.0. The Morgan fingerprint density at radius 1 is 1.09 bits per heavy atom. The van der Waals surface area contributed by atoms with Gasteiger partial charge in [0.1, 0.15) is 4.90 Å². The van der Waals surface area contributed by atoms with E-state index in [1.165, 1.54) is 37.3 Å². The topological polar surface area (TPSA) is 122 Å². The lowest BCUT2D eigenvalue weighted by atomic mass is 10.3. The number of carbonyl (C=O) groups excluding carboxylic acids is 1. The molecular formula is C14H15N3O4S. The second-order valence-corrected chi connectivity index (χ2v) is 6.21. The molecule has 22 heavy (non-hydrogen) atoms. The molecule has 7 nitrogen and oxygen atoms in total. The van der Waals surface area contributed by atoms with Gasteiger partial charge in [0, 0.05) is 18.3 Å². The van der Waals surface area contributed by atoms with E-state index in [0.29, 0.717) is 5.69 Å². The molecule has 2 aromatic rings. The van der Waals surface area contributed by atoms with E-state index < -0.39 is 15.8 Å². The first kappa shape index (κ1) is 15.6. The first-order valence-electron chi connectivity index (χ1n) is 6.27. The molecule has 0 saturated carbocycles. The van der Waals surface area contributed by atoms with E-state index in [9.17, 15) is 18.3 Å². The molecule has 0 aromatic heterocycles. The number of anilines is 3. The van der Waals surface area contributed by atoms with Crippen molar-refractivity contribution in [2.45, 2.75) is 11.8 Å². The number of para-hydroxylation sites is 1. The average Bonchev–Trinajstić information content (AvgIpc) is 2.43. The lowest BCUT2D eigenvalue weighted by Crippen LogP contribution is -2.13. The van der Waals surface area contributed by atoms with Crippen LogP contribution in [0, 0.1) is 0 Å². The van der Waals surface area contributed by atoms with Crippen LogP contribution in [0.5, 0.6) is 5.75 Å². The second-order valence-electron chi connectivity index (χ2n) is 4.56. The number of nitrogen functional groups attached to an aromatic ring is 1. The summed E-state index contributed by atoms with van der Waals surface area (Å²) in [5.41, 5.74) is 6.30. The van der Waals surface area contributed by atoms with E-state index in [0.717, 1.165) is 0 Å². The smallest absolute Gasteiger partial charge is 0.265 e. The Balaban J connectivity index is 2.25. The quantitative estimate of drug-likeness (QED) is 0.505. The highest BCUT2D eigenvalue weighted by Crippen LogP contribution is 2.30. The SMILES string of the molecule is CC(=O)Nc1ccc(NS(=O)(=O)c2cccc(N)c2O)cc1. The summed E-state index contributed by atoms with van der Waals surface area (Å²) in [7, 11) is -3.97. The molecule has 0 aliphatic rings. The van der Waals surface area contributed by atoms with Crippen molar-refractivity contribution in [1.29, 1.82) is 0 Å². The Labute approximate surface area is 127 Å². The van der Waals surface area contributed by atoms with Crippen LogP contribution in [-0.2, 0) is 14.8 Å². The van der Waals surface area contributed by atoms with Gasteiger partial charge in [0.15, 0.2) is 5.75 Å². The molecule has 2 aromatic carbocycles. The number of benzene rings is 2. The van der Waals surface area contributed by atoms with Crippen molar-refractivity contribution < 1.29 is 18.3 Å². The zero-order valence-corrected chi connectivity index (χ0v) is 12.5. The number of rotatable bonds is 4. The number of phenols is 1. The van der Waals surface area contributed by atoms with Gasteiger partial charge in [-0.1, -0.05) is 6.07 Å². The standard InChI is InChI=1S/C14H15N3O4S/c1-9(18)16-10-5-7-11(8-6-10)17-22(20,21)13-4-2-3-12(15)14(13)19/h2-8,17,19H,15H2,1H3,(H,16,18). The van der Waals surface area contributed by atoms with E-state index in [1.807, 2.05) is 0 Å². The van der Waals surface area contributed by atoms with Gasteiger partial charge in [-0.3, -0.25) is 9.52 Å². The van der Waals surface area contributed by atoms with Crippen LogP contribution in [0.15, 0.2) is 47.4 Å². The Bertz CT molecular complexity index is 801. The van der Waals surface area contributed by atoms with Crippen LogP contribution < -0.4 is 15.8 Å². The molecule has 2 rings (SSSR count). The Hall–Kier alpha value is -2.74. The Morgan fingerprint density at radius 2 is 1.68 bits per heavy atom. The maximum Gasteiger partial charge on any atom is 0.265 e. The number of nitrogens with two attached hydrogens (primary N) is 1. The molecule has 0 aliphatic heterocycles. The van der Waals surface area contributed by atoms with Crippen LogP contribution in [0.1, 0.15) is 6.92 Å². The lowest BCUT2D eigenvalue weighted by Gasteiger charge is -2.11. The molecule has 1 amide bonds. The second kappa shape index (κ2) is 5.94. The van der Waals surface area contributed by atoms with Gasteiger partial charge < -0.3 is 16.2 Å². The minimum atomic E-state index is -3.97. The summed E-state index contributed by atoms with van der Waals surface area (Å²) >= 11 is 0. The highest BCUT2D eigenvalue weighted by atomic mass is 32.2. The van der Waals surface area contributed by atoms with Crippen LogP contribution in [-0.4, -0.2) is 19.4 Å². The van der Waals surface area contributed by atoms with Crippen LogP contribution in [0.3, 0.4) is 0 Å². The van der Waals surface area contributed by atoms with Gasteiger partial charge in [-0.05, 0) is 36.4 Å². The summed E-state index contributed by atoms with van der Waals surface area (Å²) in [4.78, 5) is 10.6. The minimum Gasteiger partial charge on any atom is -0.504 e. The summed E-state index contributed by atoms with van der Waals surface area (Å²) in [6.45, 7) is 1.37. The average molecular weight is 321 g/mol. The molecule has 0 heterocycles. The minimum absolute atomic E-state index is 0.0242. The summed E-state index contributed by atoms with van der Waals surface area (Å²) < 4.78 is 26.8. The van der Waals surface area contributed by atoms with Gasteiger partial charge in [-0.2, -0.15) is 0 Å². The van der Waals surface area contributed by atoms with Gasteiger partial charge in [-0.25, -0.2) is 8.42 Å². The lowest BCUT2D eigenvalue weighted by molar-refractivity contribution is -0.114. The van der Waals surface area contributed by atoms with E-state index >= 15 is 0 Å². The van der Waals surface area contributed by atoms with Crippen LogP contribution >= 0.6 is 0 Å². The van der Waals surface area contributed by atoms with Gasteiger partial charge in [0.05, 0.1) is 5.69 Å². The first-order valence-corrected chi connectivity index (χ1v) is 7.76. The number of hydrogen-bond donors (Lipinski definition) is 4. The van der Waals surface area contributed by atoms with Crippen molar-refractivity contribution in [3.05, 3.63) is 42.5 Å². The molecule has 116 valence electrons. The summed E-state index contributed by atoms with van der Waals surface area (Å²) in [6.07, 6.45) is 0. The third-order valence-corrected chi connectivity index (χ3v) is 4.19. The number of amides is 1. The highest BCUT2D eigenvalue weighted by Gasteiger charge is 2.20. The Kier molecular flexibility index (Phi) is 4.22. The predicted molar refractivity (Wildman–Crippen MR) is 84.1 cm³/mol. The molecule has 0 radical (unpaired) electrons. The number of hydrogen-bond acceptors (Lipinski definition) is 5. The number of phenolic OH excluding ortho intramolecular Hbond substituents is 1. The van der Waals surface area contributed by atoms with E-state index in [2.05, 4.69) is 10.0 Å². The summed E-state index contributed by atoms with van der Waals surface area (Å²) in [6, 6.07) is 10.2. The van der Waals surface area contributed by atoms with Crippen molar-refractivity contribution in [2.24, 2.45) is 0 Å². The molecule has 0 atom stereocenters. The molecule has 0 bridgehead atoms. The summed E-state index contributed by atoms with van der Waals surface area (Å²) in [5.74, 6) is -0.720. The third kappa shape index (κ3) is 3.47. The predicted octanol–water partition coefficient (Wildman–Crippen LogP) is 1.73. The number of aromatic hydroxyl groups is 1. The fourth-order valence-corrected chi connectivity index (χ4v) is 2.98. The zero-order chi connectivity index (χ0) is 16.3. The zero-order valence-electron chi connectivity index (χ0n) is 11.7. The van der Waals surface area contributed by atoms with Gasteiger partial charge >= 0.3 is 0 Å².